The van der Waals surface area contributed by atoms with Gasteiger partial charge in [0.05, 0.1) is 0 Å². The average Bonchev–Trinajstić information content (AvgIpc) is 2.67. The third-order valence-electron chi connectivity index (χ3n) is 6.52. The number of benzene rings is 1. The molecule has 0 N–H and O–H groups in total. The summed E-state index contributed by atoms with van der Waals surface area (Å²) in [5, 5.41) is 1.02. The molecule has 25 heavy (non-hydrogen) atoms. The zero-order chi connectivity index (χ0) is 17.5. The van der Waals surface area contributed by atoms with Crippen LogP contribution in [0, 0.1) is 0 Å². The molecule has 0 spiro atoms. The van der Waals surface area contributed by atoms with Gasteiger partial charge in [0.25, 0.3) is 0 Å². The molecule has 1 nitrogen and oxygen atoms in total. The van der Waals surface area contributed by atoms with Crippen LogP contribution < -0.4 is 0 Å². The smallest absolute Gasteiger partial charge is 0.0443 e. The molecule has 2 aliphatic rings. The van der Waals surface area contributed by atoms with Crippen LogP contribution in [0.4, 0.5) is 0 Å². The largest absolute Gasteiger partial charge is 0.301 e. The topological polar surface area (TPSA) is 3.24 Å². The van der Waals surface area contributed by atoms with Crippen molar-refractivity contribution in [2.24, 2.45) is 0 Å². The molecule has 1 aromatic rings. The van der Waals surface area contributed by atoms with Gasteiger partial charge in [0.1, 0.15) is 0 Å². The summed E-state index contributed by atoms with van der Waals surface area (Å²) in [4.78, 5) is 2.72. The van der Waals surface area contributed by atoms with E-state index in [4.69, 9.17) is 11.6 Å². The first kappa shape index (κ1) is 19.2. The molecule has 0 radical (unpaired) electrons. The van der Waals surface area contributed by atoms with E-state index >= 15 is 0 Å². The van der Waals surface area contributed by atoms with Gasteiger partial charge in [0, 0.05) is 11.1 Å². The van der Waals surface area contributed by atoms with Crippen molar-refractivity contribution in [3.63, 3.8) is 0 Å². The van der Waals surface area contributed by atoms with Crippen molar-refractivity contribution in [2.75, 3.05) is 13.1 Å². The van der Waals surface area contributed by atoms with E-state index in [1.807, 2.05) is 0 Å². The van der Waals surface area contributed by atoms with E-state index in [1.165, 1.54) is 94.8 Å². The Hall–Kier alpha value is -0.530. The van der Waals surface area contributed by atoms with Crippen molar-refractivity contribution in [1.29, 1.82) is 0 Å². The van der Waals surface area contributed by atoms with Crippen LogP contribution in [0.25, 0.3) is 0 Å². The minimum atomic E-state index is 0.706. The van der Waals surface area contributed by atoms with Crippen molar-refractivity contribution in [1.82, 2.24) is 4.90 Å². The summed E-state index contributed by atoms with van der Waals surface area (Å²) in [6.07, 6.45) is 16.3. The van der Waals surface area contributed by atoms with Crippen LogP contribution in [0.5, 0.6) is 0 Å². The Balaban J connectivity index is 1.49. The van der Waals surface area contributed by atoms with Gasteiger partial charge >= 0.3 is 0 Å². The highest BCUT2D eigenvalue weighted by Crippen LogP contribution is 2.36. The van der Waals surface area contributed by atoms with Crippen molar-refractivity contribution >= 4 is 11.6 Å². The Kier molecular flexibility index (Phi) is 7.67. The molecule has 0 amide bonds. The quantitative estimate of drug-likeness (QED) is 0.506. The van der Waals surface area contributed by atoms with Gasteiger partial charge in [-0.05, 0) is 74.7 Å². The molecule has 2 heteroatoms. The molecule has 0 unspecified atom stereocenters. The van der Waals surface area contributed by atoms with Gasteiger partial charge in [-0.25, -0.2) is 0 Å². The van der Waals surface area contributed by atoms with Crippen molar-refractivity contribution in [2.45, 2.75) is 95.9 Å². The van der Waals surface area contributed by atoms with E-state index in [9.17, 15) is 0 Å². The van der Waals surface area contributed by atoms with E-state index in [1.54, 1.807) is 0 Å². The third kappa shape index (κ3) is 5.47. The summed E-state index contributed by atoms with van der Waals surface area (Å²) in [6, 6.07) is 7.76. The first-order valence-corrected chi connectivity index (χ1v) is 11.2. The molecule has 2 saturated carbocycles. The standard InChI is InChI=1S/C23H36ClN/c1-2-25(21-13-7-4-8-14-21)17-9-10-19-15-16-22(23(24)18-19)20-11-5-3-6-12-20/h15-16,18,20-21H,2-14,17H2,1H3. The fourth-order valence-corrected chi connectivity index (χ4v) is 5.36. The normalized spacial score (nSPS) is 20.3. The van der Waals surface area contributed by atoms with Gasteiger partial charge in [-0.2, -0.15) is 0 Å². The van der Waals surface area contributed by atoms with Gasteiger partial charge in [-0.3, -0.25) is 0 Å². The summed E-state index contributed by atoms with van der Waals surface area (Å²) in [6.45, 7) is 4.76. The van der Waals surface area contributed by atoms with E-state index in [-0.39, 0.29) is 0 Å². The minimum Gasteiger partial charge on any atom is -0.301 e. The molecule has 0 aromatic heterocycles. The van der Waals surface area contributed by atoms with Gasteiger partial charge in [-0.15, -0.1) is 0 Å². The maximum atomic E-state index is 6.64. The molecular formula is C23H36ClN. The molecule has 0 aliphatic heterocycles. The van der Waals surface area contributed by atoms with Gasteiger partial charge in [0.15, 0.2) is 0 Å². The van der Waals surface area contributed by atoms with E-state index in [0.717, 1.165) is 17.5 Å². The van der Waals surface area contributed by atoms with Crippen LogP contribution in [0.2, 0.25) is 5.02 Å². The first-order valence-electron chi connectivity index (χ1n) is 10.8. The number of aryl methyl sites for hydroxylation is 1. The first-order chi connectivity index (χ1) is 12.3. The number of nitrogens with zero attached hydrogens (tertiary/aromatic N) is 1. The van der Waals surface area contributed by atoms with Gasteiger partial charge in [-0.1, -0.05) is 69.2 Å². The fourth-order valence-electron chi connectivity index (χ4n) is 5.00. The Bertz CT molecular complexity index is 515. The Labute approximate surface area is 160 Å². The lowest BCUT2D eigenvalue weighted by molar-refractivity contribution is 0.162. The maximum absolute atomic E-state index is 6.64. The predicted octanol–water partition coefficient (Wildman–Crippen LogP) is 6.97. The van der Waals surface area contributed by atoms with Crippen molar-refractivity contribution < 1.29 is 0 Å². The van der Waals surface area contributed by atoms with E-state index < -0.39 is 0 Å². The molecule has 0 saturated heterocycles. The molecule has 0 atom stereocenters. The number of halogens is 1. The SMILES string of the molecule is CCN(CCCc1ccc(C2CCCCC2)c(Cl)c1)C1CCCCC1. The van der Waals surface area contributed by atoms with Crippen LogP contribution in [-0.4, -0.2) is 24.0 Å². The number of hydrogen-bond acceptors (Lipinski definition) is 1. The second kappa shape index (κ2) is 9.97. The lowest BCUT2D eigenvalue weighted by atomic mass is 9.83. The molecule has 2 fully saturated rings. The summed E-state index contributed by atoms with van der Waals surface area (Å²) in [5.74, 6) is 0.706. The van der Waals surface area contributed by atoms with Crippen LogP contribution in [0.15, 0.2) is 18.2 Å². The summed E-state index contributed by atoms with van der Waals surface area (Å²) < 4.78 is 0. The third-order valence-corrected chi connectivity index (χ3v) is 6.85. The minimum absolute atomic E-state index is 0.706. The van der Waals surface area contributed by atoms with Gasteiger partial charge < -0.3 is 4.90 Å². The molecule has 0 heterocycles. The predicted molar refractivity (Wildman–Crippen MR) is 110 cm³/mol. The average molecular weight is 362 g/mol. The summed E-state index contributed by atoms with van der Waals surface area (Å²) in [7, 11) is 0. The van der Waals surface area contributed by atoms with Gasteiger partial charge in [0.2, 0.25) is 0 Å². The molecule has 2 aliphatic carbocycles. The Morgan fingerprint density at radius 2 is 1.64 bits per heavy atom. The summed E-state index contributed by atoms with van der Waals surface area (Å²) in [5.41, 5.74) is 2.83. The van der Waals surface area contributed by atoms with Crippen molar-refractivity contribution in [3.05, 3.63) is 34.3 Å². The lowest BCUT2D eigenvalue weighted by Crippen LogP contribution is -2.37. The zero-order valence-corrected chi connectivity index (χ0v) is 16.9. The molecular weight excluding hydrogens is 326 g/mol. The summed E-state index contributed by atoms with van der Waals surface area (Å²) >= 11 is 6.64. The van der Waals surface area contributed by atoms with Crippen LogP contribution in [0.3, 0.4) is 0 Å². The monoisotopic (exact) mass is 361 g/mol. The van der Waals surface area contributed by atoms with Crippen LogP contribution in [-0.2, 0) is 6.42 Å². The second-order valence-electron chi connectivity index (χ2n) is 8.21. The highest BCUT2D eigenvalue weighted by Gasteiger charge is 2.20. The maximum Gasteiger partial charge on any atom is 0.0443 e. The number of hydrogen-bond donors (Lipinski definition) is 0. The Morgan fingerprint density at radius 1 is 0.960 bits per heavy atom. The van der Waals surface area contributed by atoms with E-state index in [0.29, 0.717) is 5.92 Å². The van der Waals surface area contributed by atoms with Crippen molar-refractivity contribution in [3.8, 4) is 0 Å². The second-order valence-corrected chi connectivity index (χ2v) is 8.62. The Morgan fingerprint density at radius 3 is 2.28 bits per heavy atom. The van der Waals surface area contributed by atoms with Crippen LogP contribution >= 0.6 is 11.6 Å². The van der Waals surface area contributed by atoms with Crippen LogP contribution in [0.1, 0.15) is 94.6 Å². The molecule has 3 rings (SSSR count). The lowest BCUT2D eigenvalue weighted by Gasteiger charge is -2.33. The number of rotatable bonds is 7. The highest BCUT2D eigenvalue weighted by atomic mass is 35.5. The van der Waals surface area contributed by atoms with E-state index in [2.05, 4.69) is 30.0 Å². The molecule has 0 bridgehead atoms. The fraction of sp³-hybridized carbons (Fsp3) is 0.739. The molecule has 1 aromatic carbocycles. The zero-order valence-electron chi connectivity index (χ0n) is 16.1. The highest BCUT2D eigenvalue weighted by molar-refractivity contribution is 6.31. The molecule has 140 valence electrons.